The van der Waals surface area contributed by atoms with Crippen LogP contribution < -0.4 is 4.74 Å². The summed E-state index contributed by atoms with van der Waals surface area (Å²) in [5.41, 5.74) is -0.455. The molecule has 0 aliphatic carbocycles. The average molecular weight is 300 g/mol. The van der Waals surface area contributed by atoms with Gasteiger partial charge in [0.05, 0.1) is 24.9 Å². The Kier molecular flexibility index (Phi) is 7.91. The van der Waals surface area contributed by atoms with Gasteiger partial charge in [0, 0.05) is 0 Å². The minimum absolute atomic E-state index is 0.453. The predicted octanol–water partition coefficient (Wildman–Crippen LogP) is 0.709. The maximum atomic E-state index is 9.97. The maximum absolute atomic E-state index is 9.97. The van der Waals surface area contributed by atoms with Gasteiger partial charge in [0.1, 0.15) is 5.75 Å². The van der Waals surface area contributed by atoms with E-state index in [0.717, 1.165) is 11.3 Å². The van der Waals surface area contributed by atoms with Crippen molar-refractivity contribution in [1.82, 2.24) is 0 Å². The molecule has 0 amide bonds. The molecule has 0 spiro atoms. The van der Waals surface area contributed by atoms with Gasteiger partial charge in [0.25, 0.3) is 0 Å². The summed E-state index contributed by atoms with van der Waals surface area (Å²) >= 11 is 0. The molecule has 0 aliphatic rings. The highest BCUT2D eigenvalue weighted by Crippen LogP contribution is 2.26. The molecule has 120 valence electrons. The third-order valence-electron chi connectivity index (χ3n) is 3.21. The summed E-state index contributed by atoms with van der Waals surface area (Å²) in [6.07, 6.45) is 0. The predicted molar refractivity (Wildman–Crippen MR) is 80.6 cm³/mol. The lowest BCUT2D eigenvalue weighted by molar-refractivity contribution is -0.153. The van der Waals surface area contributed by atoms with Crippen LogP contribution in [-0.2, 0) is 11.3 Å². The van der Waals surface area contributed by atoms with Gasteiger partial charge in [-0.25, -0.2) is 0 Å². The van der Waals surface area contributed by atoms with Crippen molar-refractivity contribution >= 4 is 7.32 Å². The summed E-state index contributed by atoms with van der Waals surface area (Å²) in [5, 5.41) is 31.5. The molecular formula is C14H25BO6. The van der Waals surface area contributed by atoms with Crippen LogP contribution in [0.15, 0.2) is 24.3 Å². The van der Waals surface area contributed by atoms with Crippen LogP contribution in [0, 0.1) is 0 Å². The van der Waals surface area contributed by atoms with Crippen molar-refractivity contribution in [3.8, 4) is 5.75 Å². The van der Waals surface area contributed by atoms with Gasteiger partial charge in [-0.1, -0.05) is 12.1 Å². The van der Waals surface area contributed by atoms with Crippen LogP contribution in [0.1, 0.15) is 33.3 Å². The van der Waals surface area contributed by atoms with Crippen LogP contribution >= 0.6 is 0 Å². The summed E-state index contributed by atoms with van der Waals surface area (Å²) in [6, 6.07) is 7.72. The third kappa shape index (κ3) is 8.04. The maximum Gasteiger partial charge on any atom is 0.631 e. The Bertz CT molecular complexity index is 411. The van der Waals surface area contributed by atoms with Crippen molar-refractivity contribution in [1.29, 1.82) is 0 Å². The molecule has 0 fully saturated rings. The molecule has 0 saturated heterocycles. The Morgan fingerprint density at radius 2 is 1.62 bits per heavy atom. The molecule has 1 aromatic carbocycles. The molecule has 6 nitrogen and oxygen atoms in total. The van der Waals surface area contributed by atoms with Crippen LogP contribution in [0.4, 0.5) is 0 Å². The molecule has 0 unspecified atom stereocenters. The van der Waals surface area contributed by atoms with Gasteiger partial charge < -0.3 is 29.7 Å². The molecule has 21 heavy (non-hydrogen) atoms. The quantitative estimate of drug-likeness (QED) is 0.598. The monoisotopic (exact) mass is 300 g/mol. The summed E-state index contributed by atoms with van der Waals surface area (Å²) in [4.78, 5) is 0. The van der Waals surface area contributed by atoms with Crippen molar-refractivity contribution in [2.45, 2.75) is 45.5 Å². The summed E-state index contributed by atoms with van der Waals surface area (Å²) in [6.45, 7) is 7.71. The Balaban J connectivity index is 0.000000885. The number of methoxy groups -OCH3 is 1. The summed E-state index contributed by atoms with van der Waals surface area (Å²) in [5.74, 6) is 0.812. The molecular weight excluding hydrogens is 275 g/mol. The highest BCUT2D eigenvalue weighted by Gasteiger charge is 2.35. The smallest absolute Gasteiger partial charge is 0.497 e. The van der Waals surface area contributed by atoms with E-state index in [0.29, 0.717) is 6.61 Å². The normalized spacial score (nSPS) is 11.5. The first kappa shape index (κ1) is 19.9. The Morgan fingerprint density at radius 1 is 1.10 bits per heavy atom. The van der Waals surface area contributed by atoms with Gasteiger partial charge >= 0.3 is 7.32 Å². The zero-order chi connectivity index (χ0) is 16.7. The van der Waals surface area contributed by atoms with Crippen LogP contribution in [0.2, 0.25) is 0 Å². The van der Waals surface area contributed by atoms with Gasteiger partial charge in [-0.15, -0.1) is 0 Å². The highest BCUT2D eigenvalue weighted by molar-refractivity contribution is 6.30. The molecule has 7 heteroatoms. The second-order valence-electron chi connectivity index (χ2n) is 5.56. The minimum Gasteiger partial charge on any atom is -0.497 e. The second kappa shape index (κ2) is 8.36. The molecule has 0 bridgehead atoms. The van der Waals surface area contributed by atoms with Gasteiger partial charge in [-0.05, 0) is 45.4 Å². The van der Waals surface area contributed by atoms with E-state index < -0.39 is 18.5 Å². The minimum atomic E-state index is -2.17. The summed E-state index contributed by atoms with van der Waals surface area (Å²) in [7, 11) is -0.527. The molecule has 1 rings (SSSR count). The molecule has 1 aromatic rings. The second-order valence-corrected chi connectivity index (χ2v) is 5.56. The number of ether oxygens (including phenoxy) is 2. The number of hydrogen-bond donors (Lipinski definition) is 4. The lowest BCUT2D eigenvalue weighted by Crippen LogP contribution is -2.47. The van der Waals surface area contributed by atoms with E-state index in [9.17, 15) is 5.11 Å². The van der Waals surface area contributed by atoms with E-state index in [-0.39, 0.29) is 0 Å². The first-order valence-corrected chi connectivity index (χ1v) is 6.53. The molecule has 0 aromatic heterocycles. The third-order valence-corrected chi connectivity index (χ3v) is 3.21. The standard InChI is InChI=1S/C14H22O3.BH3O3/c1-13(2,15)14(3,4)17-10-11-7-6-8-12(9-11)16-5;2-1(3)4/h6-9,15H,10H2,1-5H3;2-4H. The topological polar surface area (TPSA) is 99.4 Å². The molecule has 0 atom stereocenters. The lowest BCUT2D eigenvalue weighted by Gasteiger charge is -2.37. The van der Waals surface area contributed by atoms with Crippen molar-refractivity contribution < 1.29 is 29.7 Å². The van der Waals surface area contributed by atoms with Crippen molar-refractivity contribution in [2.24, 2.45) is 0 Å². The van der Waals surface area contributed by atoms with E-state index in [2.05, 4.69) is 0 Å². The molecule has 0 saturated carbocycles. The van der Waals surface area contributed by atoms with Gasteiger partial charge in [-0.2, -0.15) is 0 Å². The van der Waals surface area contributed by atoms with Crippen LogP contribution in [0.5, 0.6) is 5.75 Å². The van der Waals surface area contributed by atoms with Crippen molar-refractivity contribution in [2.75, 3.05) is 7.11 Å². The fourth-order valence-electron chi connectivity index (χ4n) is 1.20. The van der Waals surface area contributed by atoms with Crippen molar-refractivity contribution in [3.63, 3.8) is 0 Å². The first-order valence-electron chi connectivity index (χ1n) is 6.53. The first-order chi connectivity index (χ1) is 9.49. The SMILES string of the molecule is COc1cccc(COC(C)(C)C(C)(C)O)c1.OB(O)O. The zero-order valence-corrected chi connectivity index (χ0v) is 13.2. The van der Waals surface area contributed by atoms with Crippen molar-refractivity contribution in [3.05, 3.63) is 29.8 Å². The summed E-state index contributed by atoms with van der Waals surface area (Å²) < 4.78 is 10.9. The fraction of sp³-hybridized carbons (Fsp3) is 0.571. The number of rotatable bonds is 5. The molecule has 0 heterocycles. The van der Waals surface area contributed by atoms with Gasteiger partial charge in [0.2, 0.25) is 0 Å². The Morgan fingerprint density at radius 3 is 2.05 bits per heavy atom. The van der Waals surface area contributed by atoms with E-state index >= 15 is 0 Å². The fourth-order valence-corrected chi connectivity index (χ4v) is 1.20. The molecule has 4 N–H and O–H groups in total. The Labute approximate surface area is 126 Å². The van der Waals surface area contributed by atoms with E-state index in [4.69, 9.17) is 24.5 Å². The Hall–Kier alpha value is -1.12. The lowest BCUT2D eigenvalue weighted by atomic mass is 9.89. The zero-order valence-electron chi connectivity index (χ0n) is 13.2. The highest BCUT2D eigenvalue weighted by atomic mass is 16.5. The van der Waals surface area contributed by atoms with Gasteiger partial charge in [-0.3, -0.25) is 0 Å². The number of hydrogen-bond acceptors (Lipinski definition) is 6. The molecule has 0 aliphatic heterocycles. The van der Waals surface area contributed by atoms with Crippen LogP contribution in [0.25, 0.3) is 0 Å². The molecule has 0 radical (unpaired) electrons. The average Bonchev–Trinajstić information content (AvgIpc) is 2.35. The van der Waals surface area contributed by atoms with Crippen LogP contribution in [0.3, 0.4) is 0 Å². The largest absolute Gasteiger partial charge is 0.631 e. The van der Waals surface area contributed by atoms with Crippen LogP contribution in [-0.4, -0.2) is 45.8 Å². The number of aliphatic hydroxyl groups is 1. The van der Waals surface area contributed by atoms with E-state index in [1.54, 1.807) is 21.0 Å². The van der Waals surface area contributed by atoms with E-state index in [1.165, 1.54) is 0 Å². The van der Waals surface area contributed by atoms with E-state index in [1.807, 2.05) is 38.1 Å². The number of benzene rings is 1. The van der Waals surface area contributed by atoms with Gasteiger partial charge in [0.15, 0.2) is 0 Å².